The molecule has 4 rings (SSSR count). The van der Waals surface area contributed by atoms with Gasteiger partial charge in [0.05, 0.1) is 26.1 Å². The summed E-state index contributed by atoms with van der Waals surface area (Å²) in [5, 5.41) is 2.95. The minimum absolute atomic E-state index is 0.132. The summed E-state index contributed by atoms with van der Waals surface area (Å²) in [6, 6.07) is 19.1. The second-order valence-electron chi connectivity index (χ2n) is 6.87. The Balaban J connectivity index is 1.32. The maximum atomic E-state index is 12.6. The van der Waals surface area contributed by atoms with Crippen molar-refractivity contribution in [3.8, 4) is 0 Å². The number of nitrogens with zero attached hydrogens (tertiary/aromatic N) is 1. The van der Waals surface area contributed by atoms with Gasteiger partial charge >= 0.3 is 0 Å². The third-order valence-electron chi connectivity index (χ3n) is 4.78. The molecule has 150 valence electrons. The smallest absolute Gasteiger partial charge is 0.255 e. The molecular formula is C23H24N2O4. The molecule has 0 saturated carbocycles. The van der Waals surface area contributed by atoms with E-state index in [9.17, 15) is 4.79 Å². The highest BCUT2D eigenvalue weighted by Gasteiger charge is 2.12. The minimum Gasteiger partial charge on any atom is -0.467 e. The molecule has 1 saturated heterocycles. The number of nitrogens with one attached hydrogen (secondary N) is 1. The zero-order chi connectivity index (χ0) is 19.9. The second kappa shape index (κ2) is 9.41. The van der Waals surface area contributed by atoms with Crippen molar-refractivity contribution in [2.75, 3.05) is 36.5 Å². The fraction of sp³-hybridized carbons (Fsp3) is 0.261. The number of ether oxygens (including phenoxy) is 2. The molecule has 0 bridgehead atoms. The highest BCUT2D eigenvalue weighted by Crippen LogP contribution is 2.18. The van der Waals surface area contributed by atoms with Gasteiger partial charge in [0, 0.05) is 30.0 Å². The number of carbonyl (C=O) groups excluding carboxylic acids is 1. The first-order valence-electron chi connectivity index (χ1n) is 9.71. The Kier molecular flexibility index (Phi) is 6.24. The normalized spacial score (nSPS) is 14.0. The van der Waals surface area contributed by atoms with Gasteiger partial charge < -0.3 is 24.1 Å². The summed E-state index contributed by atoms with van der Waals surface area (Å²) >= 11 is 0. The minimum atomic E-state index is -0.132. The third kappa shape index (κ3) is 5.25. The van der Waals surface area contributed by atoms with E-state index in [1.54, 1.807) is 6.26 Å². The molecule has 0 spiro atoms. The van der Waals surface area contributed by atoms with E-state index >= 15 is 0 Å². The van der Waals surface area contributed by atoms with Gasteiger partial charge in [-0.3, -0.25) is 4.79 Å². The van der Waals surface area contributed by atoms with Gasteiger partial charge in [-0.2, -0.15) is 0 Å². The average molecular weight is 392 g/mol. The van der Waals surface area contributed by atoms with Crippen molar-refractivity contribution < 1.29 is 18.7 Å². The molecule has 1 aliphatic heterocycles. The Labute approximate surface area is 170 Å². The van der Waals surface area contributed by atoms with Gasteiger partial charge in [-0.05, 0) is 54.1 Å². The van der Waals surface area contributed by atoms with Crippen molar-refractivity contribution in [3.63, 3.8) is 0 Å². The molecule has 1 fully saturated rings. The number of morpholine rings is 1. The van der Waals surface area contributed by atoms with Gasteiger partial charge in [-0.1, -0.05) is 12.1 Å². The zero-order valence-corrected chi connectivity index (χ0v) is 16.2. The van der Waals surface area contributed by atoms with Crippen molar-refractivity contribution >= 4 is 17.3 Å². The third-order valence-corrected chi connectivity index (χ3v) is 4.78. The van der Waals surface area contributed by atoms with Crippen molar-refractivity contribution in [1.29, 1.82) is 0 Å². The van der Waals surface area contributed by atoms with E-state index in [1.165, 1.54) is 0 Å². The van der Waals surface area contributed by atoms with E-state index in [0.29, 0.717) is 18.8 Å². The molecule has 29 heavy (non-hydrogen) atoms. The topological polar surface area (TPSA) is 63.9 Å². The molecule has 1 amide bonds. The summed E-state index contributed by atoms with van der Waals surface area (Å²) < 4.78 is 16.3. The fourth-order valence-corrected chi connectivity index (χ4v) is 3.25. The average Bonchev–Trinajstić information content (AvgIpc) is 3.28. The van der Waals surface area contributed by atoms with Crippen molar-refractivity contribution in [2.45, 2.75) is 13.2 Å². The van der Waals surface area contributed by atoms with Gasteiger partial charge in [0.15, 0.2) is 0 Å². The zero-order valence-electron chi connectivity index (χ0n) is 16.2. The Morgan fingerprint density at radius 3 is 2.59 bits per heavy atom. The SMILES string of the molecule is O=C(Nc1cccc(COCc2ccco2)c1)c1ccc(N2CCOCC2)cc1. The maximum absolute atomic E-state index is 12.6. The van der Waals surface area contributed by atoms with Gasteiger partial charge in [0.25, 0.3) is 5.91 Å². The van der Waals surface area contributed by atoms with Gasteiger partial charge in [0.2, 0.25) is 0 Å². The van der Waals surface area contributed by atoms with Gasteiger partial charge in [0.1, 0.15) is 12.4 Å². The summed E-state index contributed by atoms with van der Waals surface area (Å²) in [6.07, 6.45) is 1.63. The molecule has 1 aromatic heterocycles. The van der Waals surface area contributed by atoms with Crippen molar-refractivity contribution in [2.24, 2.45) is 0 Å². The number of benzene rings is 2. The molecule has 0 radical (unpaired) electrons. The van der Waals surface area contributed by atoms with Crippen LogP contribution in [-0.2, 0) is 22.7 Å². The van der Waals surface area contributed by atoms with E-state index in [4.69, 9.17) is 13.9 Å². The van der Waals surface area contributed by atoms with Gasteiger partial charge in [-0.25, -0.2) is 0 Å². The molecule has 3 aromatic rings. The Morgan fingerprint density at radius 2 is 1.83 bits per heavy atom. The van der Waals surface area contributed by atoms with Crippen molar-refractivity contribution in [3.05, 3.63) is 83.8 Å². The number of carbonyl (C=O) groups is 1. The lowest BCUT2D eigenvalue weighted by atomic mass is 10.1. The second-order valence-corrected chi connectivity index (χ2v) is 6.87. The van der Waals surface area contributed by atoms with Gasteiger partial charge in [-0.15, -0.1) is 0 Å². The molecule has 0 atom stereocenters. The molecule has 1 N–H and O–H groups in total. The number of hydrogen-bond donors (Lipinski definition) is 1. The quantitative estimate of drug-likeness (QED) is 0.656. The van der Waals surface area contributed by atoms with E-state index in [-0.39, 0.29) is 5.91 Å². The Bertz CT molecular complexity index is 916. The van der Waals surface area contributed by atoms with Crippen LogP contribution in [0.5, 0.6) is 0 Å². The standard InChI is InChI=1S/C23H24N2O4/c26-23(19-6-8-21(9-7-19)25-10-13-27-14-11-25)24-20-4-1-3-18(15-20)16-28-17-22-5-2-12-29-22/h1-9,12,15H,10-11,13-14,16-17H2,(H,24,26). The van der Waals surface area contributed by atoms with Crippen LogP contribution in [0, 0.1) is 0 Å². The molecule has 0 unspecified atom stereocenters. The number of anilines is 2. The summed E-state index contributed by atoms with van der Waals surface area (Å²) in [5.41, 5.74) is 3.46. The molecular weight excluding hydrogens is 368 g/mol. The predicted molar refractivity (Wildman–Crippen MR) is 111 cm³/mol. The fourth-order valence-electron chi connectivity index (χ4n) is 3.25. The first-order chi connectivity index (χ1) is 14.3. The molecule has 2 aromatic carbocycles. The summed E-state index contributed by atoms with van der Waals surface area (Å²) in [4.78, 5) is 14.9. The van der Waals surface area contributed by atoms with E-state index in [0.717, 1.165) is 49.0 Å². The largest absolute Gasteiger partial charge is 0.467 e. The molecule has 1 aliphatic rings. The Morgan fingerprint density at radius 1 is 1.00 bits per heavy atom. The first kappa shape index (κ1) is 19.2. The Hall–Kier alpha value is -3.09. The van der Waals surface area contributed by atoms with E-state index in [1.807, 2.05) is 60.7 Å². The maximum Gasteiger partial charge on any atom is 0.255 e. The molecule has 0 aliphatic carbocycles. The number of rotatable bonds is 7. The lowest BCUT2D eigenvalue weighted by Gasteiger charge is -2.28. The summed E-state index contributed by atoms with van der Waals surface area (Å²) in [7, 11) is 0. The van der Waals surface area contributed by atoms with Crippen LogP contribution in [0.25, 0.3) is 0 Å². The summed E-state index contributed by atoms with van der Waals surface area (Å²) in [5.74, 6) is 0.655. The lowest BCUT2D eigenvalue weighted by molar-refractivity contribution is 0.0929. The lowest BCUT2D eigenvalue weighted by Crippen LogP contribution is -2.36. The highest BCUT2D eigenvalue weighted by atomic mass is 16.5. The number of furan rings is 1. The van der Waals surface area contributed by atoms with Crippen LogP contribution >= 0.6 is 0 Å². The van der Waals surface area contributed by atoms with Crippen LogP contribution in [0.3, 0.4) is 0 Å². The van der Waals surface area contributed by atoms with Crippen LogP contribution in [0.15, 0.2) is 71.3 Å². The van der Waals surface area contributed by atoms with Crippen LogP contribution in [-0.4, -0.2) is 32.2 Å². The molecule has 6 heteroatoms. The highest BCUT2D eigenvalue weighted by molar-refractivity contribution is 6.04. The van der Waals surface area contributed by atoms with Crippen LogP contribution < -0.4 is 10.2 Å². The van der Waals surface area contributed by atoms with E-state index in [2.05, 4.69) is 10.2 Å². The van der Waals surface area contributed by atoms with Crippen LogP contribution in [0.4, 0.5) is 11.4 Å². The van der Waals surface area contributed by atoms with Crippen LogP contribution in [0.2, 0.25) is 0 Å². The first-order valence-corrected chi connectivity index (χ1v) is 9.71. The molecule has 6 nitrogen and oxygen atoms in total. The van der Waals surface area contributed by atoms with Crippen LogP contribution in [0.1, 0.15) is 21.7 Å². The van der Waals surface area contributed by atoms with E-state index < -0.39 is 0 Å². The summed E-state index contributed by atoms with van der Waals surface area (Å²) in [6.45, 7) is 4.09. The predicted octanol–water partition coefficient (Wildman–Crippen LogP) is 4.09. The molecule has 2 heterocycles. The number of amides is 1. The number of hydrogen-bond acceptors (Lipinski definition) is 5. The van der Waals surface area contributed by atoms with Crippen molar-refractivity contribution in [1.82, 2.24) is 0 Å². The monoisotopic (exact) mass is 392 g/mol.